The minimum Gasteiger partial charge on any atom is -0.389 e. The van der Waals surface area contributed by atoms with Crippen LogP contribution in [0.15, 0.2) is 21.3 Å². The molecule has 5 nitrogen and oxygen atoms in total. The van der Waals surface area contributed by atoms with E-state index in [1.54, 1.807) is 25.7 Å². The van der Waals surface area contributed by atoms with Crippen LogP contribution in [0.3, 0.4) is 0 Å². The minimum atomic E-state index is -0.909. The molecule has 1 N–H and O–H groups in total. The van der Waals surface area contributed by atoms with Crippen LogP contribution in [-0.2, 0) is 4.79 Å². The van der Waals surface area contributed by atoms with Gasteiger partial charge in [-0.2, -0.15) is 0 Å². The van der Waals surface area contributed by atoms with Crippen LogP contribution in [0.1, 0.15) is 20.8 Å². The number of β-amino-alcohol motifs (C(OH)–C–C–N with tert-alkyl or cyclic N) is 1. The van der Waals surface area contributed by atoms with E-state index < -0.39 is 5.60 Å². The highest BCUT2D eigenvalue weighted by Crippen LogP contribution is 2.22. The molecule has 1 amide bonds. The van der Waals surface area contributed by atoms with E-state index in [4.69, 9.17) is 0 Å². The van der Waals surface area contributed by atoms with E-state index in [1.807, 2.05) is 6.26 Å². The Kier molecular flexibility index (Phi) is 4.70. The predicted molar refractivity (Wildman–Crippen MR) is 76.1 cm³/mol. The van der Waals surface area contributed by atoms with Gasteiger partial charge in [-0.3, -0.25) is 4.79 Å². The molecule has 1 aliphatic rings. The van der Waals surface area contributed by atoms with E-state index in [0.717, 1.165) is 0 Å². The molecule has 18 heavy (non-hydrogen) atoms. The summed E-state index contributed by atoms with van der Waals surface area (Å²) in [5.41, 5.74) is 0.393. The van der Waals surface area contributed by atoms with Gasteiger partial charge in [-0.15, -0.1) is 0 Å². The van der Waals surface area contributed by atoms with Crippen LogP contribution in [-0.4, -0.2) is 52.7 Å². The topological polar surface area (TPSA) is 65.3 Å². The Balaban J connectivity index is 2.88. The summed E-state index contributed by atoms with van der Waals surface area (Å²) in [6, 6.07) is 0. The molecule has 0 aromatic rings. The smallest absolute Gasteiger partial charge is 0.251 e. The fraction of sp³-hybridized carbons (Fsp3) is 0.583. The Labute approximate surface area is 112 Å². The van der Waals surface area contributed by atoms with Crippen molar-refractivity contribution < 1.29 is 9.90 Å². The second kappa shape index (κ2) is 5.67. The van der Waals surface area contributed by atoms with Gasteiger partial charge < -0.3 is 10.0 Å². The molecule has 0 aliphatic carbocycles. The lowest BCUT2D eigenvalue weighted by Gasteiger charge is -2.25. The number of nitrogens with zero attached hydrogens (tertiary/aromatic N) is 3. The van der Waals surface area contributed by atoms with Gasteiger partial charge in [-0.25, -0.2) is 9.98 Å². The van der Waals surface area contributed by atoms with Crippen LogP contribution in [0.2, 0.25) is 0 Å². The number of hydrogen-bond acceptors (Lipinski definition) is 4. The third-order valence-electron chi connectivity index (χ3n) is 2.51. The fourth-order valence-corrected chi connectivity index (χ4v) is 2.04. The molecule has 1 aliphatic heterocycles. The Bertz CT molecular complexity index is 422. The maximum Gasteiger partial charge on any atom is 0.251 e. The molecule has 0 spiro atoms. The van der Waals surface area contributed by atoms with Crippen molar-refractivity contribution in [2.75, 3.05) is 19.3 Å². The largest absolute Gasteiger partial charge is 0.389 e. The lowest BCUT2D eigenvalue weighted by atomic mass is 10.1. The summed E-state index contributed by atoms with van der Waals surface area (Å²) in [5, 5.41) is 10.3. The number of amidine groups is 1. The first kappa shape index (κ1) is 14.9. The molecule has 0 aromatic heterocycles. The maximum atomic E-state index is 12.0. The van der Waals surface area contributed by atoms with Crippen LogP contribution in [0, 0.1) is 0 Å². The zero-order valence-corrected chi connectivity index (χ0v) is 12.0. The van der Waals surface area contributed by atoms with Crippen molar-refractivity contribution in [2.45, 2.75) is 26.4 Å². The molecular weight excluding hydrogens is 250 g/mol. The van der Waals surface area contributed by atoms with E-state index >= 15 is 0 Å². The Morgan fingerprint density at radius 1 is 1.61 bits per heavy atom. The first-order valence-electron chi connectivity index (χ1n) is 5.59. The summed E-state index contributed by atoms with van der Waals surface area (Å²) in [5.74, 6) is -0.0830. The molecule has 0 fully saturated rings. The van der Waals surface area contributed by atoms with E-state index in [1.165, 1.54) is 11.8 Å². The molecule has 0 saturated carbocycles. The highest BCUT2D eigenvalue weighted by molar-refractivity contribution is 8.13. The number of carbonyl (C=O) groups is 1. The zero-order chi connectivity index (χ0) is 13.9. The summed E-state index contributed by atoms with van der Waals surface area (Å²) < 4.78 is 0. The summed E-state index contributed by atoms with van der Waals surface area (Å²) in [6.45, 7) is 9.23. The van der Waals surface area contributed by atoms with Crippen molar-refractivity contribution in [3.63, 3.8) is 0 Å². The Morgan fingerprint density at radius 2 is 2.22 bits per heavy atom. The second-order valence-corrected chi connectivity index (χ2v) is 5.58. The quantitative estimate of drug-likeness (QED) is 0.620. The number of hydrogen-bond donors (Lipinski definition) is 1. The van der Waals surface area contributed by atoms with Crippen molar-refractivity contribution in [3.05, 3.63) is 11.3 Å². The average Bonchev–Trinajstić information content (AvgIpc) is 2.52. The van der Waals surface area contributed by atoms with E-state index in [9.17, 15) is 9.90 Å². The monoisotopic (exact) mass is 269 g/mol. The molecule has 0 aromatic carbocycles. The van der Waals surface area contributed by atoms with E-state index in [0.29, 0.717) is 23.0 Å². The molecule has 0 unspecified atom stereocenters. The van der Waals surface area contributed by atoms with Gasteiger partial charge in [0.1, 0.15) is 0 Å². The number of aliphatic hydroxyl groups is 1. The molecule has 1 heterocycles. The molecular formula is C12H19N3O2S. The van der Waals surface area contributed by atoms with Gasteiger partial charge in [0.25, 0.3) is 5.91 Å². The van der Waals surface area contributed by atoms with Gasteiger partial charge in [0, 0.05) is 12.1 Å². The van der Waals surface area contributed by atoms with Crippen LogP contribution < -0.4 is 0 Å². The third-order valence-corrected chi connectivity index (χ3v) is 3.09. The summed E-state index contributed by atoms with van der Waals surface area (Å²) in [4.78, 5) is 21.7. The van der Waals surface area contributed by atoms with Crippen LogP contribution in [0.25, 0.3) is 0 Å². The molecule has 100 valence electrons. The minimum absolute atomic E-state index is 0.0830. The van der Waals surface area contributed by atoms with E-state index in [-0.39, 0.29) is 12.5 Å². The zero-order valence-electron chi connectivity index (χ0n) is 11.2. The van der Waals surface area contributed by atoms with Gasteiger partial charge in [-0.05, 0) is 33.7 Å². The number of rotatable bonds is 3. The lowest BCUT2D eigenvalue weighted by molar-refractivity contribution is -0.128. The number of amides is 1. The van der Waals surface area contributed by atoms with E-state index in [2.05, 4.69) is 16.7 Å². The normalized spacial score (nSPS) is 17.7. The fourth-order valence-electron chi connectivity index (χ4n) is 1.71. The number of thioether (sulfide) groups is 1. The van der Waals surface area contributed by atoms with Crippen LogP contribution >= 0.6 is 11.8 Å². The first-order chi connectivity index (χ1) is 8.28. The van der Waals surface area contributed by atoms with Crippen molar-refractivity contribution in [1.29, 1.82) is 0 Å². The summed E-state index contributed by atoms with van der Waals surface area (Å²) in [7, 11) is 0. The third kappa shape index (κ3) is 3.68. The number of aliphatic imine (C=N–C) groups is 2. The molecule has 0 radical (unpaired) electrons. The van der Waals surface area contributed by atoms with Gasteiger partial charge in [0.2, 0.25) is 0 Å². The van der Waals surface area contributed by atoms with Crippen LogP contribution in [0.5, 0.6) is 0 Å². The van der Waals surface area contributed by atoms with Crippen molar-refractivity contribution in [3.8, 4) is 0 Å². The molecule has 6 heteroatoms. The van der Waals surface area contributed by atoms with Gasteiger partial charge in [0.05, 0.1) is 17.8 Å². The Morgan fingerprint density at radius 3 is 2.67 bits per heavy atom. The number of carbonyl (C=O) groups excluding carboxylic acids is 1. The summed E-state index contributed by atoms with van der Waals surface area (Å²) in [6.07, 6.45) is 1.86. The average molecular weight is 269 g/mol. The predicted octanol–water partition coefficient (Wildman–Crippen LogP) is 1.29. The first-order valence-corrected chi connectivity index (χ1v) is 6.82. The van der Waals surface area contributed by atoms with Crippen LogP contribution in [0.4, 0.5) is 0 Å². The van der Waals surface area contributed by atoms with Gasteiger partial charge >= 0.3 is 0 Å². The Hall–Kier alpha value is -1.14. The second-order valence-electron chi connectivity index (χ2n) is 4.80. The van der Waals surface area contributed by atoms with Gasteiger partial charge in [-0.1, -0.05) is 11.8 Å². The van der Waals surface area contributed by atoms with Crippen molar-refractivity contribution in [2.24, 2.45) is 9.98 Å². The molecule has 0 bridgehead atoms. The molecule has 1 rings (SSSR count). The van der Waals surface area contributed by atoms with Gasteiger partial charge in [0.15, 0.2) is 5.17 Å². The van der Waals surface area contributed by atoms with Crippen molar-refractivity contribution >= 4 is 29.6 Å². The standard InChI is InChI=1S/C12H19N3O2S/c1-8-9(14-11(13-4)18-5)6-15(10(8)16)7-12(2,3)17/h17H,4,6-7H2,1-3,5H3. The molecule has 0 saturated heterocycles. The van der Waals surface area contributed by atoms with Crippen molar-refractivity contribution in [1.82, 2.24) is 4.90 Å². The maximum absolute atomic E-state index is 12.0. The highest BCUT2D eigenvalue weighted by atomic mass is 32.2. The SMILES string of the molecule is C=NC(=NC1=C(C)C(=O)N(CC(C)(C)O)C1)SC. The summed E-state index contributed by atoms with van der Waals surface area (Å²) >= 11 is 1.38. The highest BCUT2D eigenvalue weighted by Gasteiger charge is 2.31. The molecule has 0 atom stereocenters. The lowest BCUT2D eigenvalue weighted by Crippen LogP contribution is -2.40.